The smallest absolute Gasteiger partial charge is 0.278 e. The van der Waals surface area contributed by atoms with Crippen LogP contribution in [-0.2, 0) is 16.6 Å². The molecule has 1 fully saturated rings. The minimum Gasteiger partial charge on any atom is -0.328 e. The first-order valence-corrected chi connectivity index (χ1v) is 12.3. The fraction of sp³-hybridized carbons (Fsp3) is 0.280. The van der Waals surface area contributed by atoms with E-state index in [1.807, 2.05) is 53.2 Å². The maximum atomic E-state index is 12.9. The van der Waals surface area contributed by atoms with Crippen LogP contribution in [0.1, 0.15) is 35.7 Å². The highest BCUT2D eigenvalue weighted by atomic mass is 32.2. The van der Waals surface area contributed by atoms with Crippen LogP contribution in [0, 0.1) is 5.92 Å². The highest BCUT2D eigenvalue weighted by molar-refractivity contribution is 7.89. The second-order valence-electron chi connectivity index (χ2n) is 8.20. The van der Waals surface area contributed by atoms with Crippen LogP contribution < -0.4 is 5.49 Å². The van der Waals surface area contributed by atoms with Crippen LogP contribution >= 0.6 is 0 Å². The highest BCUT2D eigenvalue weighted by Crippen LogP contribution is 2.23. The molecule has 0 saturated carbocycles. The number of hydrogen-bond donors (Lipinski definition) is 0. The van der Waals surface area contributed by atoms with Gasteiger partial charge >= 0.3 is 0 Å². The molecule has 2 heterocycles. The minimum absolute atomic E-state index is 0.211. The van der Waals surface area contributed by atoms with Crippen molar-refractivity contribution in [2.75, 3.05) is 13.1 Å². The summed E-state index contributed by atoms with van der Waals surface area (Å²) < 4.78 is 29.2. The number of piperidine rings is 1. The summed E-state index contributed by atoms with van der Waals surface area (Å²) in [6, 6.07) is 21.5. The number of rotatable bonds is 5. The molecule has 166 valence electrons. The second-order valence-corrected chi connectivity index (χ2v) is 10.1. The Hall–Kier alpha value is -3.03. The zero-order chi connectivity index (χ0) is 22.6. The van der Waals surface area contributed by atoms with Gasteiger partial charge in [-0.3, -0.25) is 4.79 Å². The van der Waals surface area contributed by atoms with Crippen molar-refractivity contribution < 1.29 is 13.2 Å². The Balaban J connectivity index is 1.54. The van der Waals surface area contributed by atoms with Crippen LogP contribution in [0.2, 0.25) is 0 Å². The predicted octanol–water partition coefficient (Wildman–Crippen LogP) is 3.70. The van der Waals surface area contributed by atoms with Gasteiger partial charge in [0.05, 0.1) is 4.90 Å². The number of sulfonamides is 1. The van der Waals surface area contributed by atoms with E-state index in [0.29, 0.717) is 36.6 Å². The molecular weight excluding hydrogens is 422 g/mol. The molecule has 32 heavy (non-hydrogen) atoms. The molecule has 0 bridgehead atoms. The van der Waals surface area contributed by atoms with Crippen LogP contribution in [-0.4, -0.2) is 36.3 Å². The molecule has 0 atom stereocenters. The second kappa shape index (κ2) is 9.63. The van der Waals surface area contributed by atoms with Gasteiger partial charge in [0, 0.05) is 31.4 Å². The molecule has 0 aliphatic carbocycles. The minimum atomic E-state index is -3.54. The summed E-state index contributed by atoms with van der Waals surface area (Å²) in [5.74, 6) is 0.138. The number of benzene rings is 2. The number of pyridine rings is 1. The van der Waals surface area contributed by atoms with Crippen molar-refractivity contribution in [1.82, 2.24) is 8.87 Å². The normalized spacial score (nSPS) is 16.2. The number of carbonyl (C=O) groups is 1. The third-order valence-electron chi connectivity index (χ3n) is 5.81. The van der Waals surface area contributed by atoms with E-state index in [-0.39, 0.29) is 4.90 Å². The predicted molar refractivity (Wildman–Crippen MR) is 123 cm³/mol. The van der Waals surface area contributed by atoms with E-state index in [4.69, 9.17) is 0 Å². The van der Waals surface area contributed by atoms with E-state index in [1.165, 1.54) is 28.6 Å². The van der Waals surface area contributed by atoms with Crippen molar-refractivity contribution in [1.29, 1.82) is 0 Å². The Morgan fingerprint density at radius 3 is 2.28 bits per heavy atom. The van der Waals surface area contributed by atoms with E-state index in [1.54, 1.807) is 6.07 Å². The quantitative estimate of drug-likeness (QED) is 0.596. The van der Waals surface area contributed by atoms with Gasteiger partial charge in [-0.2, -0.15) is 9.30 Å². The molecule has 6 nitrogen and oxygen atoms in total. The Morgan fingerprint density at radius 1 is 0.938 bits per heavy atom. The first kappa shape index (κ1) is 22.2. The third kappa shape index (κ3) is 5.06. The van der Waals surface area contributed by atoms with Crippen LogP contribution in [0.25, 0.3) is 0 Å². The van der Waals surface area contributed by atoms with Crippen molar-refractivity contribution >= 4 is 15.9 Å². The van der Waals surface area contributed by atoms with Crippen LogP contribution in [0.5, 0.6) is 0 Å². The molecule has 4 rings (SSSR count). The zero-order valence-corrected chi connectivity index (χ0v) is 18.9. The topological polar surface area (TPSA) is 71.7 Å². The van der Waals surface area contributed by atoms with Gasteiger partial charge in [0.25, 0.3) is 5.91 Å². The summed E-state index contributed by atoms with van der Waals surface area (Å²) in [6.07, 6.45) is 3.62. The number of hydrogen-bond acceptors (Lipinski definition) is 3. The van der Waals surface area contributed by atoms with Gasteiger partial charge in [0.1, 0.15) is 5.49 Å². The Bertz CT molecular complexity index is 1240. The van der Waals surface area contributed by atoms with Crippen molar-refractivity contribution in [3.05, 3.63) is 95.6 Å². The van der Waals surface area contributed by atoms with E-state index in [9.17, 15) is 13.2 Å². The van der Waals surface area contributed by atoms with Gasteiger partial charge in [-0.25, -0.2) is 8.42 Å². The van der Waals surface area contributed by atoms with E-state index < -0.39 is 15.9 Å². The fourth-order valence-electron chi connectivity index (χ4n) is 3.80. The van der Waals surface area contributed by atoms with Crippen molar-refractivity contribution in [3.8, 4) is 0 Å². The van der Waals surface area contributed by atoms with E-state index in [2.05, 4.69) is 11.9 Å². The maximum Gasteiger partial charge on any atom is 0.278 e. The van der Waals surface area contributed by atoms with Gasteiger partial charge in [-0.05, 0) is 60.7 Å². The molecule has 1 aliphatic heterocycles. The molecule has 1 aliphatic rings. The lowest BCUT2D eigenvalue weighted by atomic mass is 10.0. The number of carbonyl (C=O) groups excluding carboxylic acids is 1. The van der Waals surface area contributed by atoms with Crippen molar-refractivity contribution in [2.45, 2.75) is 31.2 Å². The molecule has 0 N–H and O–H groups in total. The summed E-state index contributed by atoms with van der Waals surface area (Å²) in [5, 5.41) is 0. The average Bonchev–Trinajstić information content (AvgIpc) is 2.81. The highest BCUT2D eigenvalue weighted by Gasteiger charge is 2.28. The number of aromatic nitrogens is 1. The standard InChI is InChI=1S/C25H27N3O3S/c1-20-14-17-28(18-15-20)32(30,31)23-12-10-22(11-13-23)25(29)26-24-9-5-6-16-27(24)19-21-7-3-2-4-8-21/h2-13,16,20H,14-15,17-19H2,1H3. The zero-order valence-electron chi connectivity index (χ0n) is 18.1. The summed E-state index contributed by atoms with van der Waals surface area (Å²) >= 11 is 0. The van der Waals surface area contributed by atoms with Gasteiger partial charge in [-0.15, -0.1) is 0 Å². The first-order valence-electron chi connectivity index (χ1n) is 10.8. The van der Waals surface area contributed by atoms with Crippen molar-refractivity contribution in [3.63, 3.8) is 0 Å². The Kier molecular flexibility index (Phi) is 6.67. The average molecular weight is 450 g/mol. The maximum absolute atomic E-state index is 12.9. The lowest BCUT2D eigenvalue weighted by Crippen LogP contribution is -2.37. The Morgan fingerprint density at radius 2 is 1.59 bits per heavy atom. The molecule has 1 amide bonds. The lowest BCUT2D eigenvalue weighted by molar-refractivity contribution is 0.0997. The molecule has 1 saturated heterocycles. The van der Waals surface area contributed by atoms with Gasteiger partial charge < -0.3 is 4.57 Å². The molecule has 7 heteroatoms. The summed E-state index contributed by atoms with van der Waals surface area (Å²) in [4.78, 5) is 17.3. The van der Waals surface area contributed by atoms with Crippen molar-refractivity contribution in [2.24, 2.45) is 10.9 Å². The molecule has 2 aromatic carbocycles. The lowest BCUT2D eigenvalue weighted by Gasteiger charge is -2.29. The SMILES string of the molecule is CC1CCN(S(=O)(=O)c2ccc(C(=O)N=c3ccccn3Cc3ccccc3)cc2)CC1. The van der Waals surface area contributed by atoms with Gasteiger partial charge in [-0.1, -0.05) is 43.3 Å². The molecule has 0 radical (unpaired) electrons. The molecule has 0 unspecified atom stereocenters. The fourth-order valence-corrected chi connectivity index (χ4v) is 5.26. The molecular formula is C25H27N3O3S. The van der Waals surface area contributed by atoms with Gasteiger partial charge in [0.15, 0.2) is 0 Å². The van der Waals surface area contributed by atoms with Crippen LogP contribution in [0.15, 0.2) is 88.9 Å². The summed E-state index contributed by atoms with van der Waals surface area (Å²) in [7, 11) is -3.54. The largest absolute Gasteiger partial charge is 0.328 e. The summed E-state index contributed by atoms with van der Waals surface area (Å²) in [6.45, 7) is 3.81. The first-order chi connectivity index (χ1) is 15.4. The summed E-state index contributed by atoms with van der Waals surface area (Å²) in [5.41, 5.74) is 2.00. The Labute approximate surface area is 188 Å². The van der Waals surface area contributed by atoms with Crippen LogP contribution in [0.4, 0.5) is 0 Å². The third-order valence-corrected chi connectivity index (χ3v) is 7.72. The molecule has 0 spiro atoms. The van der Waals surface area contributed by atoms with Gasteiger partial charge in [0.2, 0.25) is 10.0 Å². The van der Waals surface area contributed by atoms with E-state index >= 15 is 0 Å². The number of nitrogens with zero attached hydrogens (tertiary/aromatic N) is 3. The number of amides is 1. The molecule has 3 aromatic rings. The van der Waals surface area contributed by atoms with E-state index in [0.717, 1.165) is 18.4 Å². The molecule has 1 aromatic heterocycles. The monoisotopic (exact) mass is 449 g/mol. The van der Waals surface area contributed by atoms with Crippen LogP contribution in [0.3, 0.4) is 0 Å².